The Labute approximate surface area is 133 Å². The molecule has 0 atom stereocenters. The van der Waals surface area contributed by atoms with E-state index in [1.54, 1.807) is 0 Å². The lowest BCUT2D eigenvalue weighted by atomic mass is 9.84. The first-order valence-electron chi connectivity index (χ1n) is 7.56. The Morgan fingerprint density at radius 2 is 1.78 bits per heavy atom. The van der Waals surface area contributed by atoms with E-state index in [4.69, 9.17) is 5.11 Å². The number of aliphatic hydroxyl groups is 2. The number of carbonyl (C=O) groups is 1. The van der Waals surface area contributed by atoms with Gasteiger partial charge >= 0.3 is 5.92 Å². The van der Waals surface area contributed by atoms with Gasteiger partial charge < -0.3 is 15.5 Å². The summed E-state index contributed by atoms with van der Waals surface area (Å²) >= 11 is 0. The van der Waals surface area contributed by atoms with Crippen molar-refractivity contribution in [3.05, 3.63) is 35.4 Å². The summed E-state index contributed by atoms with van der Waals surface area (Å²) in [6, 6.07) is 7.39. The van der Waals surface area contributed by atoms with Gasteiger partial charge in [-0.25, -0.2) is 0 Å². The molecule has 7 heteroatoms. The fourth-order valence-electron chi connectivity index (χ4n) is 2.77. The SMILES string of the molecule is CNC(=O)C(F)(F)C1(O)CCN(Cc2ccc(CO)cc2)CC1. The maximum atomic E-state index is 14.0. The number of rotatable bonds is 5. The third kappa shape index (κ3) is 3.68. The third-order valence-electron chi connectivity index (χ3n) is 4.39. The van der Waals surface area contributed by atoms with Crippen LogP contribution in [0.3, 0.4) is 0 Å². The molecule has 128 valence electrons. The lowest BCUT2D eigenvalue weighted by molar-refractivity contribution is -0.204. The number of hydrogen-bond acceptors (Lipinski definition) is 4. The Hall–Kier alpha value is -1.57. The molecule has 0 aliphatic carbocycles. The average Bonchev–Trinajstić information content (AvgIpc) is 2.56. The van der Waals surface area contributed by atoms with Crippen LogP contribution in [-0.2, 0) is 17.9 Å². The second-order valence-corrected chi connectivity index (χ2v) is 5.94. The first-order valence-corrected chi connectivity index (χ1v) is 7.56. The average molecular weight is 328 g/mol. The van der Waals surface area contributed by atoms with Gasteiger partial charge in [0.2, 0.25) is 0 Å². The smallest absolute Gasteiger partial charge is 0.352 e. The van der Waals surface area contributed by atoms with Crippen LogP contribution in [0.5, 0.6) is 0 Å². The quantitative estimate of drug-likeness (QED) is 0.750. The molecule has 0 saturated carbocycles. The summed E-state index contributed by atoms with van der Waals surface area (Å²) < 4.78 is 28.0. The second kappa shape index (κ2) is 6.90. The van der Waals surface area contributed by atoms with Crippen LogP contribution in [0.15, 0.2) is 24.3 Å². The highest BCUT2D eigenvalue weighted by Gasteiger charge is 2.58. The van der Waals surface area contributed by atoms with E-state index in [0.29, 0.717) is 6.54 Å². The molecule has 1 aliphatic rings. The first-order chi connectivity index (χ1) is 10.8. The molecule has 1 fully saturated rings. The number of alkyl halides is 2. The number of nitrogens with zero attached hydrogens (tertiary/aromatic N) is 1. The molecule has 1 aromatic carbocycles. The Kier molecular flexibility index (Phi) is 5.33. The van der Waals surface area contributed by atoms with Gasteiger partial charge in [0, 0.05) is 26.7 Å². The summed E-state index contributed by atoms with van der Waals surface area (Å²) in [7, 11) is 1.13. The maximum absolute atomic E-state index is 14.0. The number of nitrogens with one attached hydrogen (secondary N) is 1. The highest BCUT2D eigenvalue weighted by molar-refractivity contribution is 5.84. The van der Waals surface area contributed by atoms with E-state index in [2.05, 4.69) is 0 Å². The van der Waals surface area contributed by atoms with E-state index in [1.807, 2.05) is 34.5 Å². The van der Waals surface area contributed by atoms with Crippen LogP contribution in [0.2, 0.25) is 0 Å². The number of aliphatic hydroxyl groups excluding tert-OH is 1. The molecule has 1 aromatic rings. The van der Waals surface area contributed by atoms with Crippen molar-refractivity contribution >= 4 is 5.91 Å². The van der Waals surface area contributed by atoms with Gasteiger partial charge in [0.05, 0.1) is 6.61 Å². The molecule has 5 nitrogen and oxygen atoms in total. The summed E-state index contributed by atoms with van der Waals surface area (Å²) in [6.07, 6.45) is -0.329. The van der Waals surface area contributed by atoms with Crippen LogP contribution in [-0.4, -0.2) is 52.7 Å². The van der Waals surface area contributed by atoms with Gasteiger partial charge in [-0.15, -0.1) is 0 Å². The Morgan fingerprint density at radius 1 is 1.26 bits per heavy atom. The number of amides is 1. The van der Waals surface area contributed by atoms with Crippen molar-refractivity contribution in [2.45, 2.75) is 37.5 Å². The summed E-state index contributed by atoms with van der Waals surface area (Å²) in [5.74, 6) is -5.25. The highest BCUT2D eigenvalue weighted by atomic mass is 19.3. The predicted molar refractivity (Wildman–Crippen MR) is 80.8 cm³/mol. The molecule has 0 unspecified atom stereocenters. The monoisotopic (exact) mass is 328 g/mol. The molecule has 0 spiro atoms. The molecule has 1 amide bonds. The topological polar surface area (TPSA) is 72.8 Å². The Bertz CT molecular complexity index is 541. The number of benzene rings is 1. The Balaban J connectivity index is 1.96. The van der Waals surface area contributed by atoms with Crippen molar-refractivity contribution < 1.29 is 23.8 Å². The number of carbonyl (C=O) groups excluding carboxylic acids is 1. The van der Waals surface area contributed by atoms with Gasteiger partial charge in [-0.1, -0.05) is 24.3 Å². The molecule has 0 radical (unpaired) electrons. The zero-order valence-electron chi connectivity index (χ0n) is 13.1. The van der Waals surface area contributed by atoms with Crippen molar-refractivity contribution in [3.63, 3.8) is 0 Å². The van der Waals surface area contributed by atoms with Crippen molar-refractivity contribution in [3.8, 4) is 0 Å². The summed E-state index contributed by atoms with van der Waals surface area (Å²) in [4.78, 5) is 13.3. The van der Waals surface area contributed by atoms with E-state index in [-0.39, 0.29) is 32.5 Å². The predicted octanol–water partition coefficient (Wildman–Crippen LogP) is 0.887. The molecule has 0 aromatic heterocycles. The molecule has 1 saturated heterocycles. The molecule has 3 N–H and O–H groups in total. The largest absolute Gasteiger partial charge is 0.392 e. The minimum atomic E-state index is -3.80. The van der Waals surface area contributed by atoms with E-state index in [1.165, 1.54) is 0 Å². The zero-order chi connectivity index (χ0) is 17.1. The summed E-state index contributed by atoms with van der Waals surface area (Å²) in [5.41, 5.74) is -0.484. The number of likely N-dealkylation sites (tertiary alicyclic amines) is 1. The van der Waals surface area contributed by atoms with Gasteiger partial charge in [-0.2, -0.15) is 8.78 Å². The molecule has 2 rings (SSSR count). The van der Waals surface area contributed by atoms with Crippen LogP contribution < -0.4 is 5.32 Å². The zero-order valence-corrected chi connectivity index (χ0v) is 13.1. The van der Waals surface area contributed by atoms with Crippen molar-refractivity contribution in [1.29, 1.82) is 0 Å². The molecule has 1 aliphatic heterocycles. The van der Waals surface area contributed by atoms with E-state index in [0.717, 1.165) is 18.2 Å². The van der Waals surface area contributed by atoms with Crippen molar-refractivity contribution in [2.75, 3.05) is 20.1 Å². The first kappa shape index (κ1) is 17.8. The van der Waals surface area contributed by atoms with Crippen molar-refractivity contribution in [1.82, 2.24) is 10.2 Å². The lowest BCUT2D eigenvalue weighted by Gasteiger charge is -2.41. The summed E-state index contributed by atoms with van der Waals surface area (Å²) in [5, 5.41) is 21.1. The molecular weight excluding hydrogens is 306 g/mol. The molecular formula is C16H22F2N2O3. The molecule has 1 heterocycles. The van der Waals surface area contributed by atoms with Crippen LogP contribution in [0.1, 0.15) is 24.0 Å². The third-order valence-corrected chi connectivity index (χ3v) is 4.39. The van der Waals surface area contributed by atoms with Gasteiger partial charge in [-0.05, 0) is 24.0 Å². The lowest BCUT2D eigenvalue weighted by Crippen LogP contribution is -2.60. The number of halogens is 2. The Morgan fingerprint density at radius 3 is 2.26 bits per heavy atom. The standard InChI is InChI=1S/C16H22F2N2O3/c1-19-14(22)16(17,18)15(23)6-8-20(9-7-15)10-12-2-4-13(11-21)5-3-12/h2-5,21,23H,6-11H2,1H3,(H,19,22). The maximum Gasteiger partial charge on any atom is 0.352 e. The van der Waals surface area contributed by atoms with E-state index < -0.39 is 17.4 Å². The highest BCUT2D eigenvalue weighted by Crippen LogP contribution is 2.37. The minimum absolute atomic E-state index is 0.0222. The van der Waals surface area contributed by atoms with Crippen molar-refractivity contribution in [2.24, 2.45) is 0 Å². The number of hydrogen-bond donors (Lipinski definition) is 3. The van der Waals surface area contributed by atoms with Crippen LogP contribution in [0, 0.1) is 0 Å². The van der Waals surface area contributed by atoms with E-state index in [9.17, 15) is 18.7 Å². The fourth-order valence-corrected chi connectivity index (χ4v) is 2.77. The van der Waals surface area contributed by atoms with Crippen LogP contribution >= 0.6 is 0 Å². The van der Waals surface area contributed by atoms with Crippen LogP contribution in [0.4, 0.5) is 8.78 Å². The van der Waals surface area contributed by atoms with Gasteiger partial charge in [0.15, 0.2) is 0 Å². The van der Waals surface area contributed by atoms with Gasteiger partial charge in [-0.3, -0.25) is 9.69 Å². The molecule has 0 bridgehead atoms. The van der Waals surface area contributed by atoms with Gasteiger partial charge in [0.1, 0.15) is 5.60 Å². The normalized spacial score (nSPS) is 18.7. The molecule has 23 heavy (non-hydrogen) atoms. The minimum Gasteiger partial charge on any atom is -0.392 e. The van der Waals surface area contributed by atoms with E-state index >= 15 is 0 Å². The van der Waals surface area contributed by atoms with Crippen LogP contribution in [0.25, 0.3) is 0 Å². The summed E-state index contributed by atoms with van der Waals surface area (Å²) in [6.45, 7) is 1.12. The second-order valence-electron chi connectivity index (χ2n) is 5.94. The van der Waals surface area contributed by atoms with Gasteiger partial charge in [0.25, 0.3) is 5.91 Å². The number of piperidine rings is 1. The fraction of sp³-hybridized carbons (Fsp3) is 0.562.